The molecule has 25 heavy (non-hydrogen) atoms. The third-order valence-electron chi connectivity index (χ3n) is 3.60. The summed E-state index contributed by atoms with van der Waals surface area (Å²) in [6, 6.07) is 13.0. The summed E-state index contributed by atoms with van der Waals surface area (Å²) in [5.74, 6) is -0.679. The Bertz CT molecular complexity index is 893. The molecule has 1 fully saturated rings. The van der Waals surface area contributed by atoms with Gasteiger partial charge in [-0.3, -0.25) is 14.9 Å². The first kappa shape index (κ1) is 17.2. The van der Waals surface area contributed by atoms with Crippen LogP contribution in [0.3, 0.4) is 0 Å². The van der Waals surface area contributed by atoms with Gasteiger partial charge in [-0.25, -0.2) is 9.69 Å². The Balaban J connectivity index is 2.00. The minimum absolute atomic E-state index is 0.107. The molecule has 2 aromatic rings. The molecule has 0 saturated carbocycles. The Morgan fingerprint density at radius 2 is 1.80 bits per heavy atom. The van der Waals surface area contributed by atoms with E-state index in [0.717, 1.165) is 8.47 Å². The molecule has 0 atom stereocenters. The van der Waals surface area contributed by atoms with E-state index < -0.39 is 17.8 Å². The van der Waals surface area contributed by atoms with E-state index in [4.69, 9.17) is 4.74 Å². The van der Waals surface area contributed by atoms with Gasteiger partial charge in [-0.15, -0.1) is 0 Å². The number of para-hydroxylation sites is 1. The molecule has 1 aliphatic heterocycles. The van der Waals surface area contributed by atoms with E-state index >= 15 is 0 Å². The summed E-state index contributed by atoms with van der Waals surface area (Å²) < 4.78 is 6.04. The van der Waals surface area contributed by atoms with E-state index in [0.29, 0.717) is 17.0 Å². The lowest BCUT2D eigenvalue weighted by molar-refractivity contribution is -0.122. The van der Waals surface area contributed by atoms with Crippen molar-refractivity contribution in [3.8, 4) is 5.75 Å². The fraction of sp³-hybridized carbons (Fsp3) is 0.0556. The number of urea groups is 1. The van der Waals surface area contributed by atoms with E-state index in [2.05, 4.69) is 27.9 Å². The molecule has 1 N–H and O–H groups in total. The number of nitrogens with zero attached hydrogens (tertiary/aromatic N) is 1. The van der Waals surface area contributed by atoms with Gasteiger partial charge < -0.3 is 4.74 Å². The number of carbonyl (C=O) groups excluding carboxylic acids is 3. The van der Waals surface area contributed by atoms with Crippen molar-refractivity contribution in [3.05, 3.63) is 63.2 Å². The average molecular weight is 448 g/mol. The van der Waals surface area contributed by atoms with E-state index in [-0.39, 0.29) is 5.57 Å². The molecule has 2 aromatic carbocycles. The second-order valence-electron chi connectivity index (χ2n) is 5.19. The predicted molar refractivity (Wildman–Crippen MR) is 101 cm³/mol. The van der Waals surface area contributed by atoms with Crippen LogP contribution in [0.4, 0.5) is 10.5 Å². The summed E-state index contributed by atoms with van der Waals surface area (Å²) in [5.41, 5.74) is 0.947. The first-order valence-corrected chi connectivity index (χ1v) is 8.39. The number of imide groups is 2. The third-order valence-corrected chi connectivity index (χ3v) is 4.45. The molecular weight excluding hydrogens is 435 g/mol. The smallest absolute Gasteiger partial charge is 0.335 e. The van der Waals surface area contributed by atoms with Crippen LogP contribution in [0, 0.1) is 3.57 Å². The lowest BCUT2D eigenvalue weighted by atomic mass is 10.1. The zero-order valence-corrected chi connectivity index (χ0v) is 15.3. The molecule has 0 bridgehead atoms. The molecule has 3 rings (SSSR count). The van der Waals surface area contributed by atoms with Gasteiger partial charge in [-0.1, -0.05) is 24.3 Å². The summed E-state index contributed by atoms with van der Waals surface area (Å²) in [6.07, 6.45) is 1.46. The zero-order valence-electron chi connectivity index (χ0n) is 13.2. The Morgan fingerprint density at radius 1 is 1.08 bits per heavy atom. The summed E-state index contributed by atoms with van der Waals surface area (Å²) in [6.45, 7) is 0. The molecular formula is C18H13IN2O4. The largest absolute Gasteiger partial charge is 0.496 e. The highest BCUT2D eigenvalue weighted by Crippen LogP contribution is 2.25. The van der Waals surface area contributed by atoms with Gasteiger partial charge in [0.15, 0.2) is 0 Å². The van der Waals surface area contributed by atoms with Crippen LogP contribution in [0.2, 0.25) is 0 Å². The number of ether oxygens (including phenoxy) is 1. The molecule has 0 unspecified atom stereocenters. The van der Waals surface area contributed by atoms with Crippen LogP contribution < -0.4 is 15.0 Å². The first-order valence-electron chi connectivity index (χ1n) is 7.31. The van der Waals surface area contributed by atoms with Crippen molar-refractivity contribution in [2.24, 2.45) is 0 Å². The minimum Gasteiger partial charge on any atom is -0.496 e. The maximum absolute atomic E-state index is 12.7. The number of carbonyl (C=O) groups is 3. The van der Waals surface area contributed by atoms with Crippen molar-refractivity contribution in [2.75, 3.05) is 12.0 Å². The van der Waals surface area contributed by atoms with Gasteiger partial charge in [0.2, 0.25) is 0 Å². The van der Waals surface area contributed by atoms with Crippen LogP contribution in [0.5, 0.6) is 5.75 Å². The zero-order chi connectivity index (χ0) is 18.0. The lowest BCUT2D eigenvalue weighted by Gasteiger charge is -2.26. The van der Waals surface area contributed by atoms with Crippen molar-refractivity contribution in [1.82, 2.24) is 5.32 Å². The van der Waals surface area contributed by atoms with Crippen LogP contribution in [-0.4, -0.2) is 25.0 Å². The van der Waals surface area contributed by atoms with Crippen molar-refractivity contribution in [3.63, 3.8) is 0 Å². The number of hydrogen-bond donors (Lipinski definition) is 1. The van der Waals surface area contributed by atoms with Crippen molar-refractivity contribution in [2.45, 2.75) is 0 Å². The van der Waals surface area contributed by atoms with Gasteiger partial charge in [0.25, 0.3) is 11.8 Å². The number of rotatable bonds is 3. The SMILES string of the molecule is COc1ccc(/C=C2/C(=O)NC(=O)N(c3ccccc3)C2=O)cc1I. The molecule has 1 saturated heterocycles. The Hall–Kier alpha value is -2.68. The fourth-order valence-electron chi connectivity index (χ4n) is 2.41. The van der Waals surface area contributed by atoms with Crippen LogP contribution in [-0.2, 0) is 9.59 Å². The highest BCUT2D eigenvalue weighted by atomic mass is 127. The van der Waals surface area contributed by atoms with Crippen LogP contribution >= 0.6 is 22.6 Å². The van der Waals surface area contributed by atoms with Crippen LogP contribution in [0.15, 0.2) is 54.1 Å². The number of hydrogen-bond acceptors (Lipinski definition) is 4. The standard InChI is InChI=1S/C18H13IN2O4/c1-25-15-8-7-11(10-14(15)19)9-13-16(22)20-18(24)21(17(13)23)12-5-3-2-4-6-12/h2-10H,1H3,(H,20,22,24)/b13-9-. The number of halogens is 1. The van der Waals surface area contributed by atoms with Crippen molar-refractivity contribution < 1.29 is 19.1 Å². The number of amides is 4. The molecule has 126 valence electrons. The number of nitrogens with one attached hydrogen (secondary N) is 1. The fourth-order valence-corrected chi connectivity index (χ4v) is 3.17. The second kappa shape index (κ2) is 7.06. The maximum Gasteiger partial charge on any atom is 0.335 e. The molecule has 4 amide bonds. The molecule has 1 aliphatic rings. The minimum atomic E-state index is -0.761. The molecule has 6 nitrogen and oxygen atoms in total. The van der Waals surface area contributed by atoms with Gasteiger partial charge in [0.1, 0.15) is 11.3 Å². The normalized spacial score (nSPS) is 16.2. The second-order valence-corrected chi connectivity index (χ2v) is 6.35. The summed E-state index contributed by atoms with van der Waals surface area (Å²) in [4.78, 5) is 37.9. The van der Waals surface area contributed by atoms with E-state index in [9.17, 15) is 14.4 Å². The van der Waals surface area contributed by atoms with Crippen molar-refractivity contribution >= 4 is 52.2 Å². The summed E-state index contributed by atoms with van der Waals surface area (Å²) in [7, 11) is 1.57. The molecule has 0 radical (unpaired) electrons. The highest BCUT2D eigenvalue weighted by Gasteiger charge is 2.36. The van der Waals surface area contributed by atoms with E-state index in [1.165, 1.54) is 6.08 Å². The average Bonchev–Trinajstić information content (AvgIpc) is 2.59. The maximum atomic E-state index is 12.7. The van der Waals surface area contributed by atoms with Gasteiger partial charge in [-0.2, -0.15) is 0 Å². The quantitative estimate of drug-likeness (QED) is 0.445. The molecule has 0 aromatic heterocycles. The first-order chi connectivity index (χ1) is 12.0. The van der Waals surface area contributed by atoms with Gasteiger partial charge in [0, 0.05) is 0 Å². The number of barbiturate groups is 1. The van der Waals surface area contributed by atoms with Crippen LogP contribution in [0.1, 0.15) is 5.56 Å². The Labute approximate surface area is 157 Å². The highest BCUT2D eigenvalue weighted by molar-refractivity contribution is 14.1. The molecule has 0 spiro atoms. The summed E-state index contributed by atoms with van der Waals surface area (Å²) in [5, 5.41) is 2.20. The van der Waals surface area contributed by atoms with Gasteiger partial charge in [-0.05, 0) is 58.5 Å². The molecule has 1 heterocycles. The summed E-state index contributed by atoms with van der Waals surface area (Å²) >= 11 is 2.10. The van der Waals surface area contributed by atoms with Crippen molar-refractivity contribution in [1.29, 1.82) is 0 Å². The predicted octanol–water partition coefficient (Wildman–Crippen LogP) is 2.97. The lowest BCUT2D eigenvalue weighted by Crippen LogP contribution is -2.54. The number of anilines is 1. The van der Waals surface area contributed by atoms with Gasteiger partial charge in [0.05, 0.1) is 16.4 Å². The van der Waals surface area contributed by atoms with E-state index in [1.807, 2.05) is 0 Å². The Kier molecular flexibility index (Phi) is 4.84. The monoisotopic (exact) mass is 448 g/mol. The molecule has 0 aliphatic carbocycles. The van der Waals surface area contributed by atoms with Crippen LogP contribution in [0.25, 0.3) is 6.08 Å². The van der Waals surface area contributed by atoms with E-state index in [1.54, 1.807) is 55.6 Å². The number of methoxy groups -OCH3 is 1. The Morgan fingerprint density at radius 3 is 2.44 bits per heavy atom. The van der Waals surface area contributed by atoms with Gasteiger partial charge >= 0.3 is 6.03 Å². The topological polar surface area (TPSA) is 75.7 Å². The number of benzene rings is 2. The molecule has 7 heteroatoms. The third kappa shape index (κ3) is 3.41.